The lowest BCUT2D eigenvalue weighted by Crippen LogP contribution is -2.05. The monoisotopic (exact) mass is 202 g/mol. The fourth-order valence-electron chi connectivity index (χ4n) is 0.940. The van der Waals surface area contributed by atoms with Crippen molar-refractivity contribution in [1.29, 1.82) is 0 Å². The number of anilines is 2. The van der Waals surface area contributed by atoms with E-state index in [0.29, 0.717) is 24.2 Å². The minimum atomic E-state index is 0.0843. The average molecular weight is 203 g/mol. The molecule has 0 aliphatic heterocycles. The minimum absolute atomic E-state index is 0.0843. The molecular formula is C7H11ClN4O. The zero-order valence-electron chi connectivity index (χ0n) is 7.00. The first kappa shape index (κ1) is 10.0. The van der Waals surface area contributed by atoms with E-state index in [4.69, 9.17) is 28.2 Å². The predicted molar refractivity (Wildman–Crippen MR) is 51.3 cm³/mol. The Morgan fingerprint density at radius 3 is 2.62 bits per heavy atom. The number of hydrogen-bond acceptors (Lipinski definition) is 5. The van der Waals surface area contributed by atoms with Crippen molar-refractivity contribution in [2.45, 2.75) is 12.8 Å². The number of nitrogens with two attached hydrogens (primary N) is 2. The zero-order valence-corrected chi connectivity index (χ0v) is 7.75. The van der Waals surface area contributed by atoms with Gasteiger partial charge >= 0.3 is 0 Å². The predicted octanol–water partition coefficient (Wildman–Crippen LogP) is 0.219. The minimum Gasteiger partial charge on any atom is -0.396 e. The van der Waals surface area contributed by atoms with Crippen LogP contribution in [0.5, 0.6) is 0 Å². The van der Waals surface area contributed by atoms with E-state index in [0.717, 1.165) is 0 Å². The molecule has 1 heterocycles. The number of halogens is 1. The number of aliphatic hydroxyl groups excluding tert-OH is 1. The summed E-state index contributed by atoms with van der Waals surface area (Å²) in [6, 6.07) is 0. The number of nitrogen functional groups attached to an aromatic ring is 2. The van der Waals surface area contributed by atoms with Gasteiger partial charge in [0.15, 0.2) is 5.15 Å². The lowest BCUT2D eigenvalue weighted by Gasteiger charge is -2.05. The van der Waals surface area contributed by atoms with Gasteiger partial charge in [0.25, 0.3) is 0 Å². The fraction of sp³-hybridized carbons (Fsp3) is 0.429. The number of hydrogen-bond donors (Lipinski definition) is 3. The molecule has 1 rings (SSSR count). The molecule has 0 radical (unpaired) electrons. The van der Waals surface area contributed by atoms with E-state index in [2.05, 4.69) is 9.97 Å². The second-order valence-corrected chi connectivity index (χ2v) is 2.92. The van der Waals surface area contributed by atoms with E-state index in [9.17, 15) is 0 Å². The van der Waals surface area contributed by atoms with Crippen molar-refractivity contribution in [3.63, 3.8) is 0 Å². The third-order valence-electron chi connectivity index (χ3n) is 1.57. The fourth-order valence-corrected chi connectivity index (χ4v) is 1.14. The first-order chi connectivity index (χ1) is 6.15. The van der Waals surface area contributed by atoms with Gasteiger partial charge in [0.2, 0.25) is 5.95 Å². The van der Waals surface area contributed by atoms with Crippen LogP contribution in [0.15, 0.2) is 0 Å². The Morgan fingerprint density at radius 2 is 2.00 bits per heavy atom. The first-order valence-electron chi connectivity index (χ1n) is 3.83. The summed E-state index contributed by atoms with van der Waals surface area (Å²) >= 11 is 5.68. The molecule has 6 heteroatoms. The lowest BCUT2D eigenvalue weighted by atomic mass is 10.2. The molecule has 72 valence electrons. The average Bonchev–Trinajstić information content (AvgIpc) is 2.09. The highest BCUT2D eigenvalue weighted by Gasteiger charge is 2.07. The second-order valence-electron chi connectivity index (χ2n) is 2.56. The Bertz CT molecular complexity index is 305. The first-order valence-corrected chi connectivity index (χ1v) is 4.21. The largest absolute Gasteiger partial charge is 0.396 e. The molecule has 1 aromatic heterocycles. The Hall–Kier alpha value is -1.07. The third-order valence-corrected chi connectivity index (χ3v) is 1.86. The molecule has 0 unspecified atom stereocenters. The highest BCUT2D eigenvalue weighted by Crippen LogP contribution is 2.20. The molecule has 0 fully saturated rings. The van der Waals surface area contributed by atoms with Crippen LogP contribution < -0.4 is 11.5 Å². The van der Waals surface area contributed by atoms with Crippen LogP contribution in [0.3, 0.4) is 0 Å². The topological polar surface area (TPSA) is 98.0 Å². The van der Waals surface area contributed by atoms with E-state index in [1.165, 1.54) is 0 Å². The van der Waals surface area contributed by atoms with E-state index >= 15 is 0 Å². The van der Waals surface area contributed by atoms with E-state index in [1.807, 2.05) is 0 Å². The van der Waals surface area contributed by atoms with Gasteiger partial charge in [-0.2, -0.15) is 4.98 Å². The van der Waals surface area contributed by atoms with Crippen LogP contribution in [0, 0.1) is 0 Å². The van der Waals surface area contributed by atoms with Crippen LogP contribution in [0.2, 0.25) is 5.15 Å². The van der Waals surface area contributed by atoms with E-state index < -0.39 is 0 Å². The quantitative estimate of drug-likeness (QED) is 0.609. The summed E-state index contributed by atoms with van der Waals surface area (Å²) in [4.78, 5) is 7.60. The molecule has 0 saturated heterocycles. The Morgan fingerprint density at radius 1 is 1.31 bits per heavy atom. The van der Waals surface area contributed by atoms with Crippen LogP contribution in [0.4, 0.5) is 11.6 Å². The summed E-state index contributed by atoms with van der Waals surface area (Å²) in [5, 5.41) is 8.78. The van der Waals surface area contributed by atoms with Gasteiger partial charge in [-0.3, -0.25) is 0 Å². The number of rotatable bonds is 3. The van der Waals surface area contributed by atoms with Crippen molar-refractivity contribution in [2.75, 3.05) is 18.1 Å². The molecule has 1 aromatic rings. The highest BCUT2D eigenvalue weighted by atomic mass is 35.5. The summed E-state index contributed by atoms with van der Waals surface area (Å²) < 4.78 is 0. The summed E-state index contributed by atoms with van der Waals surface area (Å²) in [6.07, 6.45) is 1.13. The molecule has 0 aliphatic rings. The molecule has 0 atom stereocenters. The van der Waals surface area contributed by atoms with Gasteiger partial charge in [-0.05, 0) is 12.8 Å². The van der Waals surface area contributed by atoms with Gasteiger partial charge in [-0.1, -0.05) is 11.6 Å². The van der Waals surface area contributed by atoms with Crippen LogP contribution >= 0.6 is 11.6 Å². The SMILES string of the molecule is Nc1nc(Cl)c(N)c(CCCO)n1. The van der Waals surface area contributed by atoms with Crippen molar-refractivity contribution in [2.24, 2.45) is 0 Å². The Kier molecular flexibility index (Phi) is 3.27. The van der Waals surface area contributed by atoms with E-state index in [1.54, 1.807) is 0 Å². The molecule has 0 bridgehead atoms. The molecular weight excluding hydrogens is 192 g/mol. The molecule has 0 aromatic carbocycles. The number of nitrogens with zero attached hydrogens (tertiary/aromatic N) is 2. The van der Waals surface area contributed by atoms with Gasteiger partial charge in [-0.15, -0.1) is 0 Å². The van der Waals surface area contributed by atoms with Crippen molar-refractivity contribution in [3.8, 4) is 0 Å². The molecule has 5 N–H and O–H groups in total. The number of aliphatic hydroxyl groups is 1. The van der Waals surface area contributed by atoms with Gasteiger partial charge in [0, 0.05) is 6.61 Å². The highest BCUT2D eigenvalue weighted by molar-refractivity contribution is 6.32. The third kappa shape index (κ3) is 2.43. The Balaban J connectivity index is 2.92. The summed E-state index contributed by atoms with van der Waals surface area (Å²) in [5.41, 5.74) is 11.9. The molecule has 0 amide bonds. The van der Waals surface area contributed by atoms with Gasteiger partial charge in [0.05, 0.1) is 11.4 Å². The van der Waals surface area contributed by atoms with Crippen molar-refractivity contribution in [1.82, 2.24) is 9.97 Å². The molecule has 5 nitrogen and oxygen atoms in total. The molecule has 0 aliphatic carbocycles. The van der Waals surface area contributed by atoms with Crippen LogP contribution in [-0.4, -0.2) is 21.7 Å². The van der Waals surface area contributed by atoms with Crippen LogP contribution in [0.25, 0.3) is 0 Å². The van der Waals surface area contributed by atoms with Crippen molar-refractivity contribution < 1.29 is 5.11 Å². The molecule has 0 saturated carbocycles. The van der Waals surface area contributed by atoms with Crippen molar-refractivity contribution in [3.05, 3.63) is 10.8 Å². The second kappa shape index (κ2) is 4.25. The van der Waals surface area contributed by atoms with Gasteiger partial charge < -0.3 is 16.6 Å². The van der Waals surface area contributed by atoms with E-state index in [-0.39, 0.29) is 17.7 Å². The number of aromatic nitrogens is 2. The maximum atomic E-state index is 8.61. The number of aryl methyl sites for hydroxylation is 1. The maximum absolute atomic E-state index is 8.61. The van der Waals surface area contributed by atoms with Gasteiger partial charge in [-0.25, -0.2) is 4.98 Å². The van der Waals surface area contributed by atoms with Crippen LogP contribution in [0.1, 0.15) is 12.1 Å². The normalized spacial score (nSPS) is 10.3. The van der Waals surface area contributed by atoms with Crippen molar-refractivity contribution >= 4 is 23.2 Å². The van der Waals surface area contributed by atoms with Crippen LogP contribution in [-0.2, 0) is 6.42 Å². The summed E-state index contributed by atoms with van der Waals surface area (Å²) in [6.45, 7) is 0.0843. The zero-order chi connectivity index (χ0) is 9.84. The standard InChI is InChI=1S/C7H11ClN4O/c8-6-5(9)4(2-1-3-13)11-7(10)12-6/h13H,1-3,9H2,(H2,10,11,12). The Labute approximate surface area is 80.7 Å². The summed E-state index contributed by atoms with van der Waals surface area (Å²) in [7, 11) is 0. The lowest BCUT2D eigenvalue weighted by molar-refractivity contribution is 0.288. The smallest absolute Gasteiger partial charge is 0.221 e. The van der Waals surface area contributed by atoms with Gasteiger partial charge in [0.1, 0.15) is 0 Å². The maximum Gasteiger partial charge on any atom is 0.221 e. The summed E-state index contributed by atoms with van der Waals surface area (Å²) in [5.74, 6) is 0.104. The molecule has 13 heavy (non-hydrogen) atoms. The molecule has 0 spiro atoms.